The van der Waals surface area contributed by atoms with Crippen molar-refractivity contribution in [3.8, 4) is 12.3 Å². The van der Waals surface area contributed by atoms with Crippen LogP contribution in [0.5, 0.6) is 0 Å². The van der Waals surface area contributed by atoms with Gasteiger partial charge in [0.05, 0.1) is 0 Å². The Bertz CT molecular complexity index is 106. The molecule has 0 spiro atoms. The second-order valence-corrected chi connectivity index (χ2v) is 2.33. The average molecular weight is 122 g/mol. The number of likely N-dealkylation sites (tertiary alicyclic amines) is 1. The van der Waals surface area contributed by atoms with Crippen LogP contribution < -0.4 is 0 Å². The quantitative estimate of drug-likeness (QED) is 0.498. The van der Waals surface area contributed by atoms with Gasteiger partial charge >= 0.3 is 0 Å². The Balaban J connectivity index is 2.06. The number of rotatable bonds is 2. The van der Waals surface area contributed by atoms with Gasteiger partial charge in [0.15, 0.2) is 0 Å². The molecule has 1 nitrogen and oxygen atoms in total. The Labute approximate surface area is 57.0 Å². The van der Waals surface area contributed by atoms with E-state index in [0.29, 0.717) is 0 Å². The van der Waals surface area contributed by atoms with Gasteiger partial charge < -0.3 is 0 Å². The summed E-state index contributed by atoms with van der Waals surface area (Å²) < 4.78 is 0. The Morgan fingerprint density at radius 1 is 1.44 bits per heavy atom. The lowest BCUT2D eigenvalue weighted by atomic mass is 10.4. The molecule has 0 bridgehead atoms. The molecular weight excluding hydrogens is 110 g/mol. The zero-order valence-corrected chi connectivity index (χ0v) is 5.64. The van der Waals surface area contributed by atoms with Crippen molar-refractivity contribution >= 4 is 0 Å². The van der Waals surface area contributed by atoms with E-state index in [1.54, 1.807) is 0 Å². The molecule has 1 rings (SSSR count). The van der Waals surface area contributed by atoms with Gasteiger partial charge in [-0.05, 0) is 25.9 Å². The minimum Gasteiger partial charge on any atom is -0.298 e. The van der Waals surface area contributed by atoms with Crippen LogP contribution in [0.3, 0.4) is 0 Å². The molecule has 1 aliphatic rings. The summed E-state index contributed by atoms with van der Waals surface area (Å²) in [4.78, 5) is 2.31. The van der Waals surface area contributed by atoms with E-state index < -0.39 is 0 Å². The maximum atomic E-state index is 5.10. The van der Waals surface area contributed by atoms with Gasteiger partial charge in [-0.3, -0.25) is 4.90 Å². The Hall–Kier alpha value is -0.480. The number of nitrogens with zero attached hydrogens (tertiary/aromatic N) is 1. The van der Waals surface area contributed by atoms with E-state index in [-0.39, 0.29) is 0 Å². The first-order valence-corrected chi connectivity index (χ1v) is 3.44. The average Bonchev–Trinajstić information content (AvgIpc) is 2.34. The van der Waals surface area contributed by atoms with Crippen LogP contribution in [-0.4, -0.2) is 18.0 Å². The lowest BCUT2D eigenvalue weighted by molar-refractivity contribution is 0.411. The summed E-state index contributed by atoms with van der Waals surface area (Å²) in [6.07, 6.45) is 8.56. The van der Waals surface area contributed by atoms with Crippen molar-refractivity contribution in [3.05, 3.63) is 6.54 Å². The third-order valence-electron chi connectivity index (χ3n) is 1.61. The lowest BCUT2D eigenvalue weighted by Crippen LogP contribution is -2.14. The van der Waals surface area contributed by atoms with Gasteiger partial charge in [0, 0.05) is 13.0 Å². The van der Waals surface area contributed by atoms with Gasteiger partial charge in [-0.15, -0.1) is 12.3 Å². The van der Waals surface area contributed by atoms with Crippen LogP contribution in [0, 0.1) is 18.9 Å². The highest BCUT2D eigenvalue weighted by atomic mass is 15.1. The molecular formula is C8H12N. The minimum absolute atomic E-state index is 0.792. The van der Waals surface area contributed by atoms with Gasteiger partial charge in [0.2, 0.25) is 0 Å². The third-order valence-corrected chi connectivity index (χ3v) is 1.61. The Kier molecular flexibility index (Phi) is 2.60. The monoisotopic (exact) mass is 122 g/mol. The van der Waals surface area contributed by atoms with Crippen molar-refractivity contribution in [2.45, 2.75) is 19.3 Å². The molecule has 1 heteroatoms. The highest BCUT2D eigenvalue weighted by molar-refractivity contribution is 4.91. The van der Waals surface area contributed by atoms with Crippen LogP contribution in [-0.2, 0) is 0 Å². The fraction of sp³-hybridized carbons (Fsp3) is 0.625. The molecule has 1 aliphatic heterocycles. The van der Waals surface area contributed by atoms with Gasteiger partial charge in [-0.1, -0.05) is 0 Å². The standard InChI is InChI=1S/C8H12N/c1-2-3-6-9-7-4-5-8-9/h1,6H,3-5,7-8H2. The third kappa shape index (κ3) is 2.07. The summed E-state index contributed by atoms with van der Waals surface area (Å²) >= 11 is 0. The molecule has 0 unspecified atom stereocenters. The molecule has 0 aromatic heterocycles. The highest BCUT2D eigenvalue weighted by Crippen LogP contribution is 2.09. The smallest absolute Gasteiger partial charge is 0.0370 e. The van der Waals surface area contributed by atoms with Crippen molar-refractivity contribution in [2.75, 3.05) is 13.1 Å². The van der Waals surface area contributed by atoms with Gasteiger partial charge in [-0.2, -0.15) is 0 Å². The first-order valence-electron chi connectivity index (χ1n) is 3.44. The molecule has 0 saturated carbocycles. The normalized spacial score (nSPS) is 19.9. The van der Waals surface area contributed by atoms with Crippen LogP contribution in [0.25, 0.3) is 0 Å². The molecule has 0 N–H and O–H groups in total. The van der Waals surface area contributed by atoms with Crippen molar-refractivity contribution in [3.63, 3.8) is 0 Å². The topological polar surface area (TPSA) is 3.24 Å². The summed E-state index contributed by atoms with van der Waals surface area (Å²) in [5.41, 5.74) is 0. The van der Waals surface area contributed by atoms with Crippen LogP contribution >= 0.6 is 0 Å². The van der Waals surface area contributed by atoms with E-state index in [9.17, 15) is 0 Å². The molecule has 0 amide bonds. The largest absolute Gasteiger partial charge is 0.298 e. The summed E-state index contributed by atoms with van der Waals surface area (Å²) in [6.45, 7) is 4.54. The zero-order valence-electron chi connectivity index (χ0n) is 5.64. The summed E-state index contributed by atoms with van der Waals surface area (Å²) in [5, 5.41) is 0. The fourth-order valence-electron chi connectivity index (χ4n) is 1.11. The van der Waals surface area contributed by atoms with Crippen LogP contribution in [0.2, 0.25) is 0 Å². The van der Waals surface area contributed by atoms with E-state index in [1.165, 1.54) is 25.9 Å². The van der Waals surface area contributed by atoms with Crippen LogP contribution in [0.4, 0.5) is 0 Å². The Morgan fingerprint density at radius 3 is 2.67 bits per heavy atom. The predicted octanol–water partition coefficient (Wildman–Crippen LogP) is 1.27. The molecule has 1 saturated heterocycles. The van der Waals surface area contributed by atoms with E-state index in [2.05, 4.69) is 17.4 Å². The van der Waals surface area contributed by atoms with E-state index in [1.807, 2.05) is 0 Å². The van der Waals surface area contributed by atoms with Crippen LogP contribution in [0.15, 0.2) is 0 Å². The lowest BCUT2D eigenvalue weighted by Gasteiger charge is -2.10. The molecule has 9 heavy (non-hydrogen) atoms. The summed E-state index contributed by atoms with van der Waals surface area (Å²) in [6, 6.07) is 0. The Morgan fingerprint density at radius 2 is 2.11 bits per heavy atom. The molecule has 49 valence electrons. The van der Waals surface area contributed by atoms with Gasteiger partial charge in [0.25, 0.3) is 0 Å². The van der Waals surface area contributed by atoms with Crippen LogP contribution in [0.1, 0.15) is 19.3 Å². The second kappa shape index (κ2) is 3.53. The van der Waals surface area contributed by atoms with Gasteiger partial charge in [-0.25, -0.2) is 0 Å². The number of terminal acetylenes is 1. The number of hydrogen-bond acceptors (Lipinski definition) is 1. The molecule has 0 aliphatic carbocycles. The molecule has 1 heterocycles. The SMILES string of the molecule is C#CC[CH]N1CCCC1. The minimum atomic E-state index is 0.792. The van der Waals surface area contributed by atoms with Crippen molar-refractivity contribution in [2.24, 2.45) is 0 Å². The zero-order chi connectivity index (χ0) is 6.53. The maximum absolute atomic E-state index is 5.10. The molecule has 1 fully saturated rings. The first-order chi connectivity index (χ1) is 4.43. The van der Waals surface area contributed by atoms with Crippen molar-refractivity contribution < 1.29 is 0 Å². The highest BCUT2D eigenvalue weighted by Gasteiger charge is 2.09. The van der Waals surface area contributed by atoms with Crippen molar-refractivity contribution in [1.29, 1.82) is 0 Å². The van der Waals surface area contributed by atoms with Crippen molar-refractivity contribution in [1.82, 2.24) is 4.90 Å². The summed E-state index contributed by atoms with van der Waals surface area (Å²) in [5.74, 6) is 2.60. The predicted molar refractivity (Wildman–Crippen MR) is 38.6 cm³/mol. The van der Waals surface area contributed by atoms with E-state index in [4.69, 9.17) is 6.42 Å². The first kappa shape index (κ1) is 6.64. The summed E-state index contributed by atoms with van der Waals surface area (Å²) in [7, 11) is 0. The second-order valence-electron chi connectivity index (χ2n) is 2.33. The molecule has 0 aromatic rings. The fourth-order valence-corrected chi connectivity index (χ4v) is 1.11. The maximum Gasteiger partial charge on any atom is 0.0370 e. The molecule has 0 atom stereocenters. The van der Waals surface area contributed by atoms with E-state index >= 15 is 0 Å². The van der Waals surface area contributed by atoms with Gasteiger partial charge in [0.1, 0.15) is 0 Å². The molecule has 0 aromatic carbocycles. The van der Waals surface area contributed by atoms with E-state index in [0.717, 1.165) is 6.42 Å². The molecule has 1 radical (unpaired) electrons. The number of hydrogen-bond donors (Lipinski definition) is 0.